The monoisotopic (exact) mass is 261 g/mol. The lowest BCUT2D eigenvalue weighted by Crippen LogP contribution is -2.00. The van der Waals surface area contributed by atoms with Crippen molar-refractivity contribution in [2.45, 2.75) is 20.4 Å². The van der Waals surface area contributed by atoms with E-state index in [1.807, 2.05) is 26.0 Å². The zero-order valence-electron chi connectivity index (χ0n) is 11.7. The van der Waals surface area contributed by atoms with Gasteiger partial charge in [0.1, 0.15) is 5.82 Å². The molecule has 0 fully saturated rings. The Balaban J connectivity index is 2.61. The van der Waals surface area contributed by atoms with E-state index in [9.17, 15) is 0 Å². The summed E-state index contributed by atoms with van der Waals surface area (Å²) in [5.41, 5.74) is 9.62. The minimum atomic E-state index is 0.421. The molecule has 2 aromatic rings. The van der Waals surface area contributed by atoms with Gasteiger partial charge in [-0.3, -0.25) is 0 Å². The van der Waals surface area contributed by atoms with Crippen molar-refractivity contribution in [3.05, 3.63) is 29.2 Å². The molecule has 0 saturated carbocycles. The van der Waals surface area contributed by atoms with Gasteiger partial charge in [0.05, 0.1) is 25.6 Å². The zero-order valence-corrected chi connectivity index (χ0v) is 11.7. The SMILES string of the molecule is COc1cc(C)c(-c2nc(C)[nH]c2CN)cc1OC. The number of imidazole rings is 1. The highest BCUT2D eigenvalue weighted by Gasteiger charge is 2.15. The molecule has 0 atom stereocenters. The lowest BCUT2D eigenvalue weighted by Gasteiger charge is -2.12. The highest BCUT2D eigenvalue weighted by Crippen LogP contribution is 2.35. The van der Waals surface area contributed by atoms with E-state index in [0.717, 1.165) is 28.3 Å². The van der Waals surface area contributed by atoms with Crippen molar-refractivity contribution in [1.29, 1.82) is 0 Å². The van der Waals surface area contributed by atoms with Crippen LogP contribution in [-0.2, 0) is 6.54 Å². The molecular weight excluding hydrogens is 242 g/mol. The Morgan fingerprint density at radius 1 is 1.16 bits per heavy atom. The second kappa shape index (κ2) is 5.32. The first-order chi connectivity index (χ1) is 9.10. The van der Waals surface area contributed by atoms with E-state index >= 15 is 0 Å². The van der Waals surface area contributed by atoms with Crippen LogP contribution in [0.2, 0.25) is 0 Å². The van der Waals surface area contributed by atoms with E-state index in [0.29, 0.717) is 18.0 Å². The molecule has 2 rings (SSSR count). The van der Waals surface area contributed by atoms with Crippen LogP contribution in [0.25, 0.3) is 11.3 Å². The first kappa shape index (κ1) is 13.4. The Bertz CT molecular complexity index is 591. The molecule has 5 heteroatoms. The number of hydrogen-bond acceptors (Lipinski definition) is 4. The Hall–Kier alpha value is -2.01. The molecule has 0 aliphatic rings. The van der Waals surface area contributed by atoms with Gasteiger partial charge >= 0.3 is 0 Å². The zero-order chi connectivity index (χ0) is 14.0. The molecule has 0 saturated heterocycles. The van der Waals surface area contributed by atoms with Crippen molar-refractivity contribution >= 4 is 0 Å². The summed E-state index contributed by atoms with van der Waals surface area (Å²) in [5.74, 6) is 2.25. The second-order valence-electron chi connectivity index (χ2n) is 4.38. The number of hydrogen-bond donors (Lipinski definition) is 2. The molecule has 0 bridgehead atoms. The van der Waals surface area contributed by atoms with Crippen molar-refractivity contribution in [1.82, 2.24) is 9.97 Å². The Morgan fingerprint density at radius 3 is 2.37 bits per heavy atom. The number of nitrogens with one attached hydrogen (secondary N) is 1. The van der Waals surface area contributed by atoms with Crippen LogP contribution in [0.1, 0.15) is 17.1 Å². The maximum Gasteiger partial charge on any atom is 0.161 e. The van der Waals surface area contributed by atoms with Gasteiger partial charge < -0.3 is 20.2 Å². The van der Waals surface area contributed by atoms with E-state index in [4.69, 9.17) is 15.2 Å². The molecule has 1 aromatic carbocycles. The number of ether oxygens (including phenoxy) is 2. The Labute approximate surface area is 112 Å². The maximum absolute atomic E-state index is 5.75. The largest absolute Gasteiger partial charge is 0.493 e. The number of rotatable bonds is 4. The fraction of sp³-hybridized carbons (Fsp3) is 0.357. The van der Waals surface area contributed by atoms with Gasteiger partial charge in [0.15, 0.2) is 11.5 Å². The number of nitrogens with zero attached hydrogens (tertiary/aromatic N) is 1. The number of nitrogens with two attached hydrogens (primary N) is 1. The minimum Gasteiger partial charge on any atom is -0.493 e. The van der Waals surface area contributed by atoms with E-state index in [1.165, 1.54) is 0 Å². The number of aryl methyl sites for hydroxylation is 2. The van der Waals surface area contributed by atoms with Gasteiger partial charge in [-0.25, -0.2) is 4.98 Å². The molecule has 19 heavy (non-hydrogen) atoms. The summed E-state index contributed by atoms with van der Waals surface area (Å²) in [4.78, 5) is 7.69. The van der Waals surface area contributed by atoms with Crippen LogP contribution >= 0.6 is 0 Å². The predicted octanol–water partition coefficient (Wildman–Crippen LogP) is 2.17. The predicted molar refractivity (Wildman–Crippen MR) is 74.5 cm³/mol. The number of aromatic amines is 1. The summed E-state index contributed by atoms with van der Waals surface area (Å²) in [6.07, 6.45) is 0. The summed E-state index contributed by atoms with van der Waals surface area (Å²) in [5, 5.41) is 0. The molecule has 1 aromatic heterocycles. The molecule has 0 radical (unpaired) electrons. The molecule has 5 nitrogen and oxygen atoms in total. The van der Waals surface area contributed by atoms with Crippen LogP contribution in [0.3, 0.4) is 0 Å². The van der Waals surface area contributed by atoms with E-state index in [-0.39, 0.29) is 0 Å². The smallest absolute Gasteiger partial charge is 0.161 e. The van der Waals surface area contributed by atoms with E-state index in [2.05, 4.69) is 9.97 Å². The van der Waals surface area contributed by atoms with Crippen LogP contribution in [0.5, 0.6) is 11.5 Å². The number of aromatic nitrogens is 2. The summed E-state index contributed by atoms with van der Waals surface area (Å²) >= 11 is 0. The Kier molecular flexibility index (Phi) is 3.76. The summed E-state index contributed by atoms with van der Waals surface area (Å²) in [6, 6.07) is 3.88. The van der Waals surface area contributed by atoms with Crippen molar-refractivity contribution in [2.24, 2.45) is 5.73 Å². The van der Waals surface area contributed by atoms with Crippen LogP contribution in [-0.4, -0.2) is 24.2 Å². The highest BCUT2D eigenvalue weighted by molar-refractivity contribution is 5.70. The number of methoxy groups -OCH3 is 2. The lowest BCUT2D eigenvalue weighted by atomic mass is 10.0. The van der Waals surface area contributed by atoms with Gasteiger partial charge in [-0.2, -0.15) is 0 Å². The molecule has 0 aliphatic heterocycles. The lowest BCUT2D eigenvalue weighted by molar-refractivity contribution is 0.355. The molecule has 1 heterocycles. The third kappa shape index (κ3) is 2.42. The third-order valence-corrected chi connectivity index (χ3v) is 3.09. The number of benzene rings is 1. The van der Waals surface area contributed by atoms with E-state index < -0.39 is 0 Å². The molecular formula is C14H19N3O2. The summed E-state index contributed by atoms with van der Waals surface area (Å²) in [6.45, 7) is 4.35. The average molecular weight is 261 g/mol. The van der Waals surface area contributed by atoms with Crippen molar-refractivity contribution < 1.29 is 9.47 Å². The van der Waals surface area contributed by atoms with Crippen molar-refractivity contribution in [2.75, 3.05) is 14.2 Å². The molecule has 102 valence electrons. The van der Waals surface area contributed by atoms with Crippen LogP contribution < -0.4 is 15.2 Å². The fourth-order valence-corrected chi connectivity index (χ4v) is 2.15. The topological polar surface area (TPSA) is 73.2 Å². The standard InChI is InChI=1S/C14H19N3O2/c1-8-5-12(18-3)13(19-4)6-10(8)14-11(7-15)16-9(2)17-14/h5-6H,7,15H2,1-4H3,(H,16,17). The molecule has 3 N–H and O–H groups in total. The average Bonchev–Trinajstić information content (AvgIpc) is 2.79. The number of H-pyrrole nitrogens is 1. The van der Waals surface area contributed by atoms with Crippen LogP contribution in [0.15, 0.2) is 12.1 Å². The molecule has 0 amide bonds. The minimum absolute atomic E-state index is 0.421. The van der Waals surface area contributed by atoms with Gasteiger partial charge in [0, 0.05) is 12.1 Å². The fourth-order valence-electron chi connectivity index (χ4n) is 2.15. The molecule has 0 unspecified atom stereocenters. The summed E-state index contributed by atoms with van der Waals surface area (Å²) < 4.78 is 10.6. The molecule has 0 spiro atoms. The third-order valence-electron chi connectivity index (χ3n) is 3.09. The summed E-state index contributed by atoms with van der Waals surface area (Å²) in [7, 11) is 3.25. The first-order valence-corrected chi connectivity index (χ1v) is 6.09. The molecule has 0 aliphatic carbocycles. The second-order valence-corrected chi connectivity index (χ2v) is 4.38. The maximum atomic E-state index is 5.75. The Morgan fingerprint density at radius 2 is 1.79 bits per heavy atom. The van der Waals surface area contributed by atoms with Gasteiger partial charge in [0.25, 0.3) is 0 Å². The highest BCUT2D eigenvalue weighted by atomic mass is 16.5. The van der Waals surface area contributed by atoms with Gasteiger partial charge in [0.2, 0.25) is 0 Å². The first-order valence-electron chi connectivity index (χ1n) is 6.09. The van der Waals surface area contributed by atoms with Crippen LogP contribution in [0, 0.1) is 13.8 Å². The van der Waals surface area contributed by atoms with Gasteiger partial charge in [-0.1, -0.05) is 0 Å². The van der Waals surface area contributed by atoms with Crippen molar-refractivity contribution in [3.63, 3.8) is 0 Å². The van der Waals surface area contributed by atoms with Crippen LogP contribution in [0.4, 0.5) is 0 Å². The van der Waals surface area contributed by atoms with E-state index in [1.54, 1.807) is 14.2 Å². The quantitative estimate of drug-likeness (QED) is 0.884. The van der Waals surface area contributed by atoms with Crippen molar-refractivity contribution in [3.8, 4) is 22.8 Å². The van der Waals surface area contributed by atoms with Gasteiger partial charge in [-0.05, 0) is 31.5 Å². The van der Waals surface area contributed by atoms with Gasteiger partial charge in [-0.15, -0.1) is 0 Å². The normalized spacial score (nSPS) is 10.6.